The predicted molar refractivity (Wildman–Crippen MR) is 145 cm³/mol. The standard InChI is InChI=1S/C29H33N5O3/c1-21-18-27(34-25-10-5-4-9-24(25)31-29(34)23(21)19-30)33(13-7-12-32-14-16-37-17-15-32)20-22-8-6-11-26(35-2)28(22)36-3/h4-6,8-11,18H,7,12-17,20H2,1-3H3. The fraction of sp³-hybridized carbons (Fsp3) is 0.379. The van der Waals surface area contributed by atoms with Gasteiger partial charge in [-0.1, -0.05) is 24.3 Å². The van der Waals surface area contributed by atoms with E-state index in [4.69, 9.17) is 19.2 Å². The molecule has 192 valence electrons. The van der Waals surface area contributed by atoms with Crippen LogP contribution in [0.25, 0.3) is 16.7 Å². The molecule has 0 atom stereocenters. The van der Waals surface area contributed by atoms with Gasteiger partial charge < -0.3 is 19.1 Å². The second kappa shape index (κ2) is 11.1. The van der Waals surface area contributed by atoms with Crippen LogP contribution in [0.4, 0.5) is 5.82 Å². The van der Waals surface area contributed by atoms with E-state index >= 15 is 0 Å². The lowest BCUT2D eigenvalue weighted by Crippen LogP contribution is -2.38. The summed E-state index contributed by atoms with van der Waals surface area (Å²) in [5, 5.41) is 9.95. The zero-order valence-electron chi connectivity index (χ0n) is 21.7. The van der Waals surface area contributed by atoms with E-state index in [1.165, 1.54) is 0 Å². The lowest BCUT2D eigenvalue weighted by atomic mass is 10.1. The molecule has 2 aromatic carbocycles. The number of nitrogens with zero attached hydrogens (tertiary/aromatic N) is 5. The highest BCUT2D eigenvalue weighted by molar-refractivity contribution is 5.85. The van der Waals surface area contributed by atoms with Crippen LogP contribution < -0.4 is 14.4 Å². The van der Waals surface area contributed by atoms with Crippen LogP contribution in [-0.2, 0) is 11.3 Å². The summed E-state index contributed by atoms with van der Waals surface area (Å²) < 4.78 is 19.0. The Hall–Kier alpha value is -3.80. The van der Waals surface area contributed by atoms with Crippen LogP contribution in [0.3, 0.4) is 0 Å². The monoisotopic (exact) mass is 499 g/mol. The largest absolute Gasteiger partial charge is 0.493 e. The molecule has 1 saturated heterocycles. The lowest BCUT2D eigenvalue weighted by molar-refractivity contribution is 0.0376. The van der Waals surface area contributed by atoms with E-state index < -0.39 is 0 Å². The molecule has 0 saturated carbocycles. The zero-order valence-corrected chi connectivity index (χ0v) is 21.7. The molecule has 0 amide bonds. The molecule has 0 N–H and O–H groups in total. The van der Waals surface area contributed by atoms with Crippen molar-refractivity contribution < 1.29 is 14.2 Å². The Morgan fingerprint density at radius 1 is 1.08 bits per heavy atom. The number of aromatic nitrogens is 2. The number of nitriles is 1. The van der Waals surface area contributed by atoms with Crippen LogP contribution in [0.5, 0.6) is 11.5 Å². The fourth-order valence-electron chi connectivity index (χ4n) is 5.17. The van der Waals surface area contributed by atoms with Gasteiger partial charge in [0, 0.05) is 38.3 Å². The number of aryl methyl sites for hydroxylation is 1. The molecule has 1 aliphatic heterocycles. The van der Waals surface area contributed by atoms with Gasteiger partial charge in [0.1, 0.15) is 11.9 Å². The molecular weight excluding hydrogens is 466 g/mol. The fourth-order valence-corrected chi connectivity index (χ4v) is 5.17. The van der Waals surface area contributed by atoms with Crippen molar-refractivity contribution in [3.05, 3.63) is 65.2 Å². The first-order chi connectivity index (χ1) is 18.1. The van der Waals surface area contributed by atoms with Crippen LogP contribution >= 0.6 is 0 Å². The Balaban J connectivity index is 1.60. The van der Waals surface area contributed by atoms with Gasteiger partial charge in [-0.15, -0.1) is 0 Å². The highest BCUT2D eigenvalue weighted by Gasteiger charge is 2.21. The maximum atomic E-state index is 9.95. The van der Waals surface area contributed by atoms with Gasteiger partial charge in [0.05, 0.1) is 44.0 Å². The minimum atomic E-state index is 0.604. The van der Waals surface area contributed by atoms with Gasteiger partial charge in [-0.2, -0.15) is 5.26 Å². The number of methoxy groups -OCH3 is 2. The minimum Gasteiger partial charge on any atom is -0.493 e. The third kappa shape index (κ3) is 4.93. The molecule has 3 heterocycles. The van der Waals surface area contributed by atoms with E-state index in [-0.39, 0.29) is 0 Å². The maximum absolute atomic E-state index is 9.95. The van der Waals surface area contributed by atoms with Crippen molar-refractivity contribution in [2.24, 2.45) is 0 Å². The first-order valence-electron chi connectivity index (χ1n) is 12.7. The molecule has 4 aromatic rings. The second-order valence-corrected chi connectivity index (χ2v) is 9.31. The predicted octanol–water partition coefficient (Wildman–Crippen LogP) is 4.41. The number of anilines is 1. The normalized spacial score (nSPS) is 14.1. The van der Waals surface area contributed by atoms with Gasteiger partial charge in [-0.05, 0) is 43.2 Å². The molecule has 0 bridgehead atoms. The van der Waals surface area contributed by atoms with Crippen LogP contribution in [0.2, 0.25) is 0 Å². The molecule has 1 aliphatic rings. The van der Waals surface area contributed by atoms with Gasteiger partial charge in [0.25, 0.3) is 0 Å². The van der Waals surface area contributed by atoms with Crippen LogP contribution in [0, 0.1) is 18.3 Å². The zero-order chi connectivity index (χ0) is 25.8. The van der Waals surface area contributed by atoms with Crippen LogP contribution in [0.15, 0.2) is 48.5 Å². The van der Waals surface area contributed by atoms with Crippen molar-refractivity contribution in [2.75, 3.05) is 58.5 Å². The highest BCUT2D eigenvalue weighted by Crippen LogP contribution is 2.34. The SMILES string of the molecule is COc1cccc(CN(CCCN2CCOCC2)c2cc(C)c(C#N)c3nc4ccccc4n23)c1OC. The second-order valence-electron chi connectivity index (χ2n) is 9.31. The third-order valence-corrected chi connectivity index (χ3v) is 7.04. The van der Waals surface area contributed by atoms with Gasteiger partial charge in [0.2, 0.25) is 0 Å². The van der Waals surface area contributed by atoms with Crippen molar-refractivity contribution in [3.8, 4) is 17.6 Å². The topological polar surface area (TPSA) is 75.3 Å². The van der Waals surface area contributed by atoms with E-state index in [1.54, 1.807) is 14.2 Å². The Labute approximate surface area is 217 Å². The molecule has 2 aromatic heterocycles. The summed E-state index contributed by atoms with van der Waals surface area (Å²) in [5.74, 6) is 2.45. The van der Waals surface area contributed by atoms with Gasteiger partial charge >= 0.3 is 0 Å². The molecule has 0 radical (unpaired) electrons. The Morgan fingerprint density at radius 3 is 2.65 bits per heavy atom. The van der Waals surface area contributed by atoms with Crippen LogP contribution in [-0.4, -0.2) is 67.9 Å². The summed E-state index contributed by atoms with van der Waals surface area (Å²) in [6, 6.07) is 18.5. The number of hydrogen-bond donors (Lipinski definition) is 0. The average molecular weight is 500 g/mol. The Kier molecular flexibility index (Phi) is 7.45. The first kappa shape index (κ1) is 24.9. The van der Waals surface area contributed by atoms with E-state index in [0.717, 1.165) is 79.5 Å². The summed E-state index contributed by atoms with van der Waals surface area (Å²) in [4.78, 5) is 9.69. The summed E-state index contributed by atoms with van der Waals surface area (Å²) in [6.45, 7) is 7.95. The molecule has 8 nitrogen and oxygen atoms in total. The summed E-state index contributed by atoms with van der Waals surface area (Å²) in [6.07, 6.45) is 0.986. The van der Waals surface area contributed by atoms with E-state index in [9.17, 15) is 5.26 Å². The van der Waals surface area contributed by atoms with Crippen molar-refractivity contribution in [2.45, 2.75) is 19.9 Å². The molecule has 0 aliphatic carbocycles. The van der Waals surface area contributed by atoms with Crippen molar-refractivity contribution in [3.63, 3.8) is 0 Å². The van der Waals surface area contributed by atoms with Crippen molar-refractivity contribution >= 4 is 22.5 Å². The van der Waals surface area contributed by atoms with E-state index in [1.807, 2.05) is 37.3 Å². The number of fused-ring (bicyclic) bond motifs is 3. The number of hydrogen-bond acceptors (Lipinski definition) is 7. The number of ether oxygens (including phenoxy) is 3. The maximum Gasteiger partial charge on any atom is 0.165 e. The smallest absolute Gasteiger partial charge is 0.165 e. The van der Waals surface area contributed by atoms with Gasteiger partial charge in [-0.3, -0.25) is 9.30 Å². The number of pyridine rings is 1. The number of imidazole rings is 1. The summed E-state index contributed by atoms with van der Waals surface area (Å²) in [5.41, 5.74) is 5.10. The minimum absolute atomic E-state index is 0.604. The molecule has 5 rings (SSSR count). The molecule has 0 unspecified atom stereocenters. The van der Waals surface area contributed by atoms with Crippen molar-refractivity contribution in [1.82, 2.24) is 14.3 Å². The Bertz CT molecular complexity index is 1440. The van der Waals surface area contributed by atoms with E-state index in [0.29, 0.717) is 23.5 Å². The molecular formula is C29H33N5O3. The van der Waals surface area contributed by atoms with Gasteiger partial charge in [0.15, 0.2) is 17.1 Å². The van der Waals surface area contributed by atoms with Gasteiger partial charge in [-0.25, -0.2) is 4.98 Å². The first-order valence-corrected chi connectivity index (χ1v) is 12.7. The number of benzene rings is 2. The van der Waals surface area contributed by atoms with Crippen LogP contribution in [0.1, 0.15) is 23.1 Å². The third-order valence-electron chi connectivity index (χ3n) is 7.04. The molecule has 0 spiro atoms. The highest BCUT2D eigenvalue weighted by atomic mass is 16.5. The van der Waals surface area contributed by atoms with Crippen molar-refractivity contribution in [1.29, 1.82) is 5.26 Å². The number of para-hydroxylation sites is 3. The summed E-state index contributed by atoms with van der Waals surface area (Å²) in [7, 11) is 3.34. The average Bonchev–Trinajstić information content (AvgIpc) is 3.32. The van der Waals surface area contributed by atoms with E-state index in [2.05, 4.69) is 38.5 Å². The molecule has 8 heteroatoms. The summed E-state index contributed by atoms with van der Waals surface area (Å²) >= 11 is 0. The number of morpholine rings is 1. The Morgan fingerprint density at radius 2 is 1.89 bits per heavy atom. The quantitative estimate of drug-likeness (QED) is 0.338. The molecule has 1 fully saturated rings. The number of rotatable bonds is 9. The lowest BCUT2D eigenvalue weighted by Gasteiger charge is -2.30. The molecule has 37 heavy (non-hydrogen) atoms.